The summed E-state index contributed by atoms with van der Waals surface area (Å²) in [6.45, 7) is 1.76. The van der Waals surface area contributed by atoms with Crippen LogP contribution < -0.4 is 29.6 Å². The van der Waals surface area contributed by atoms with Crippen LogP contribution in [0.15, 0.2) is 29.2 Å². The van der Waals surface area contributed by atoms with Gasteiger partial charge in [-0.2, -0.15) is 8.42 Å². The summed E-state index contributed by atoms with van der Waals surface area (Å²) in [4.78, 5) is -0.0579. The molecule has 5 heteroatoms. The molecule has 0 saturated heterocycles. The molecule has 1 aromatic rings. The SMILES string of the molecule is Cc1cccc(S(=O)(=O)O)c1.[Na+]. The first-order valence-electron chi connectivity index (χ1n) is 3.04. The van der Waals surface area contributed by atoms with Crippen molar-refractivity contribution in [3.63, 3.8) is 0 Å². The quantitative estimate of drug-likeness (QED) is 0.427. The van der Waals surface area contributed by atoms with E-state index in [2.05, 4.69) is 0 Å². The molecule has 0 atom stereocenters. The molecule has 0 saturated carbocycles. The molecule has 0 aliphatic carbocycles. The van der Waals surface area contributed by atoms with Gasteiger partial charge in [0, 0.05) is 0 Å². The van der Waals surface area contributed by atoms with Gasteiger partial charge >= 0.3 is 29.6 Å². The standard InChI is InChI=1S/C7H8O3S.Na/c1-6-3-2-4-7(5-6)11(8,9)10;/h2-5H,1H3,(H,8,9,10);/q;+1. The molecule has 0 spiro atoms. The minimum Gasteiger partial charge on any atom is -0.282 e. The van der Waals surface area contributed by atoms with Crippen LogP contribution in [0.5, 0.6) is 0 Å². The van der Waals surface area contributed by atoms with E-state index in [-0.39, 0.29) is 34.5 Å². The second-order valence-corrected chi connectivity index (χ2v) is 3.71. The van der Waals surface area contributed by atoms with Gasteiger partial charge in [-0.05, 0) is 24.6 Å². The zero-order chi connectivity index (χ0) is 8.48. The summed E-state index contributed by atoms with van der Waals surface area (Å²) >= 11 is 0. The van der Waals surface area contributed by atoms with Gasteiger partial charge in [0.05, 0.1) is 4.90 Å². The normalized spacial score (nSPS) is 10.5. The Balaban J connectivity index is 0.00000121. The maximum absolute atomic E-state index is 10.5. The fourth-order valence-electron chi connectivity index (χ4n) is 0.776. The maximum atomic E-state index is 10.5. The summed E-state index contributed by atoms with van der Waals surface area (Å²) in [5, 5.41) is 0. The van der Waals surface area contributed by atoms with E-state index in [1.165, 1.54) is 12.1 Å². The van der Waals surface area contributed by atoms with Crippen LogP contribution in [0.1, 0.15) is 5.56 Å². The van der Waals surface area contributed by atoms with Crippen LogP contribution in [0.25, 0.3) is 0 Å². The third kappa shape index (κ3) is 3.25. The molecular weight excluding hydrogens is 187 g/mol. The molecule has 0 heterocycles. The van der Waals surface area contributed by atoms with Crippen LogP contribution in [0, 0.1) is 6.92 Å². The molecule has 0 amide bonds. The molecule has 1 rings (SSSR count). The summed E-state index contributed by atoms with van der Waals surface area (Å²) in [6.07, 6.45) is 0. The molecular formula is C7H8NaO3S+. The first-order valence-corrected chi connectivity index (χ1v) is 4.48. The average Bonchev–Trinajstić information content (AvgIpc) is 1.86. The Morgan fingerprint density at radius 2 is 1.92 bits per heavy atom. The Kier molecular flexibility index (Phi) is 4.44. The van der Waals surface area contributed by atoms with Gasteiger partial charge in [0.15, 0.2) is 0 Å². The minimum absolute atomic E-state index is 0. The number of aryl methyl sites for hydroxylation is 1. The Hall–Kier alpha value is 0.130. The van der Waals surface area contributed by atoms with E-state index in [4.69, 9.17) is 4.55 Å². The Bertz CT molecular complexity index is 359. The van der Waals surface area contributed by atoms with E-state index in [0.29, 0.717) is 0 Å². The molecule has 1 N–H and O–H groups in total. The minimum atomic E-state index is -4.03. The van der Waals surface area contributed by atoms with Crippen LogP contribution in [-0.4, -0.2) is 13.0 Å². The predicted molar refractivity (Wildman–Crippen MR) is 41.0 cm³/mol. The molecule has 0 aliphatic rings. The molecule has 0 aliphatic heterocycles. The third-order valence-electron chi connectivity index (χ3n) is 1.29. The van der Waals surface area contributed by atoms with Crippen LogP contribution in [0.3, 0.4) is 0 Å². The van der Waals surface area contributed by atoms with Crippen molar-refractivity contribution >= 4 is 10.1 Å². The summed E-state index contributed by atoms with van der Waals surface area (Å²) in [6, 6.07) is 6.10. The van der Waals surface area contributed by atoms with Crippen LogP contribution >= 0.6 is 0 Å². The Labute approximate surface area is 93.8 Å². The van der Waals surface area contributed by atoms with E-state index in [9.17, 15) is 8.42 Å². The van der Waals surface area contributed by atoms with Gasteiger partial charge in [0.2, 0.25) is 0 Å². The van der Waals surface area contributed by atoms with Crippen molar-refractivity contribution in [1.82, 2.24) is 0 Å². The van der Waals surface area contributed by atoms with Gasteiger partial charge in [0.25, 0.3) is 10.1 Å². The van der Waals surface area contributed by atoms with Gasteiger partial charge < -0.3 is 0 Å². The van der Waals surface area contributed by atoms with Crippen molar-refractivity contribution in [2.24, 2.45) is 0 Å². The second kappa shape index (κ2) is 4.39. The van der Waals surface area contributed by atoms with Crippen molar-refractivity contribution in [3.8, 4) is 0 Å². The molecule has 0 aromatic heterocycles. The smallest absolute Gasteiger partial charge is 0.282 e. The molecule has 0 fully saturated rings. The molecule has 3 nitrogen and oxygen atoms in total. The molecule has 12 heavy (non-hydrogen) atoms. The van der Waals surface area contributed by atoms with Crippen molar-refractivity contribution in [3.05, 3.63) is 29.8 Å². The van der Waals surface area contributed by atoms with Crippen LogP contribution in [-0.2, 0) is 10.1 Å². The summed E-state index contributed by atoms with van der Waals surface area (Å²) in [5.74, 6) is 0. The number of rotatable bonds is 1. The molecule has 1 aromatic carbocycles. The summed E-state index contributed by atoms with van der Waals surface area (Å²) < 4.78 is 29.7. The van der Waals surface area contributed by atoms with Gasteiger partial charge in [-0.1, -0.05) is 12.1 Å². The predicted octanol–water partition coefficient (Wildman–Crippen LogP) is -1.75. The average molecular weight is 195 g/mol. The van der Waals surface area contributed by atoms with E-state index < -0.39 is 10.1 Å². The van der Waals surface area contributed by atoms with Crippen LogP contribution in [0.2, 0.25) is 0 Å². The topological polar surface area (TPSA) is 54.4 Å². The van der Waals surface area contributed by atoms with Crippen molar-refractivity contribution in [2.75, 3.05) is 0 Å². The largest absolute Gasteiger partial charge is 1.00 e. The van der Waals surface area contributed by atoms with Gasteiger partial charge in [-0.15, -0.1) is 0 Å². The zero-order valence-electron chi connectivity index (χ0n) is 6.98. The third-order valence-corrected chi connectivity index (χ3v) is 2.14. The summed E-state index contributed by atoms with van der Waals surface area (Å²) in [7, 11) is -4.03. The molecule has 0 radical (unpaired) electrons. The summed E-state index contributed by atoms with van der Waals surface area (Å²) in [5.41, 5.74) is 0.806. The van der Waals surface area contributed by atoms with Gasteiger partial charge in [-0.25, -0.2) is 0 Å². The van der Waals surface area contributed by atoms with Crippen LogP contribution in [0.4, 0.5) is 0 Å². The second-order valence-electron chi connectivity index (χ2n) is 2.29. The van der Waals surface area contributed by atoms with Crippen molar-refractivity contribution in [2.45, 2.75) is 11.8 Å². The first-order chi connectivity index (χ1) is 5.00. The number of hydrogen-bond acceptors (Lipinski definition) is 2. The van der Waals surface area contributed by atoms with E-state index in [1.807, 2.05) is 0 Å². The molecule has 0 unspecified atom stereocenters. The zero-order valence-corrected chi connectivity index (χ0v) is 9.80. The Morgan fingerprint density at radius 1 is 1.33 bits per heavy atom. The van der Waals surface area contributed by atoms with E-state index >= 15 is 0 Å². The Morgan fingerprint density at radius 3 is 2.25 bits per heavy atom. The van der Waals surface area contributed by atoms with Crippen molar-refractivity contribution < 1.29 is 42.5 Å². The first kappa shape index (κ1) is 12.1. The van der Waals surface area contributed by atoms with E-state index in [0.717, 1.165) is 5.56 Å². The number of benzene rings is 1. The monoisotopic (exact) mass is 195 g/mol. The van der Waals surface area contributed by atoms with Crippen molar-refractivity contribution in [1.29, 1.82) is 0 Å². The molecule has 0 bridgehead atoms. The molecule has 60 valence electrons. The maximum Gasteiger partial charge on any atom is 1.00 e. The van der Waals surface area contributed by atoms with E-state index in [1.54, 1.807) is 19.1 Å². The fourth-order valence-corrected chi connectivity index (χ4v) is 1.36. The van der Waals surface area contributed by atoms with Gasteiger partial charge in [0.1, 0.15) is 0 Å². The fraction of sp³-hybridized carbons (Fsp3) is 0.143. The number of hydrogen-bond donors (Lipinski definition) is 1. The van der Waals surface area contributed by atoms with Gasteiger partial charge in [-0.3, -0.25) is 4.55 Å².